The van der Waals surface area contributed by atoms with Crippen molar-refractivity contribution in [1.29, 1.82) is 0 Å². The lowest BCUT2D eigenvalue weighted by Gasteiger charge is -2.37. The van der Waals surface area contributed by atoms with Crippen LogP contribution in [-0.4, -0.2) is 95.3 Å². The highest BCUT2D eigenvalue weighted by atomic mass is 16.3. The molecular weight excluding hydrogens is 488 g/mol. The van der Waals surface area contributed by atoms with Crippen molar-refractivity contribution >= 4 is 11.7 Å². The van der Waals surface area contributed by atoms with Crippen molar-refractivity contribution < 1.29 is 9.90 Å². The molecule has 2 aliphatic heterocycles. The summed E-state index contributed by atoms with van der Waals surface area (Å²) in [5.74, 6) is 0. The summed E-state index contributed by atoms with van der Waals surface area (Å²) in [6.45, 7) is 8.11. The van der Waals surface area contributed by atoms with Gasteiger partial charge in [-0.05, 0) is 42.2 Å². The van der Waals surface area contributed by atoms with Crippen LogP contribution in [0.3, 0.4) is 0 Å². The Morgan fingerprint density at radius 3 is 2.15 bits per heavy atom. The van der Waals surface area contributed by atoms with Gasteiger partial charge in [-0.15, -0.1) is 0 Å². The molecule has 0 bridgehead atoms. The number of aromatic nitrogens is 1. The molecule has 39 heavy (non-hydrogen) atoms. The minimum absolute atomic E-state index is 0.135. The number of rotatable bonds is 9. The molecule has 2 aliphatic rings. The number of urea groups is 1. The highest BCUT2D eigenvalue weighted by Gasteiger charge is 2.24. The minimum Gasteiger partial charge on any atom is -0.390 e. The number of nitrogens with zero attached hydrogens (tertiary/aromatic N) is 4. The third kappa shape index (κ3) is 8.10. The van der Waals surface area contributed by atoms with E-state index in [1.165, 1.54) is 5.56 Å². The van der Waals surface area contributed by atoms with Gasteiger partial charge < -0.3 is 20.6 Å². The molecule has 0 radical (unpaired) electrons. The maximum Gasteiger partial charge on any atom is 0.319 e. The van der Waals surface area contributed by atoms with E-state index in [4.69, 9.17) is 0 Å². The van der Waals surface area contributed by atoms with Gasteiger partial charge in [-0.25, -0.2) is 4.79 Å². The first kappa shape index (κ1) is 27.3. The average Bonchev–Trinajstić information content (AvgIpc) is 2.96. The molecule has 2 fully saturated rings. The Hall–Kier alpha value is -3.30. The second-order valence-corrected chi connectivity index (χ2v) is 10.7. The van der Waals surface area contributed by atoms with Crippen LogP contribution in [0, 0.1) is 0 Å². The average molecular weight is 529 g/mol. The third-order valence-corrected chi connectivity index (χ3v) is 7.74. The number of amides is 2. The van der Waals surface area contributed by atoms with E-state index in [9.17, 15) is 9.90 Å². The number of nitrogens with one attached hydrogen (secondary N) is 2. The maximum absolute atomic E-state index is 12.8. The van der Waals surface area contributed by atoms with Crippen LogP contribution < -0.4 is 10.6 Å². The summed E-state index contributed by atoms with van der Waals surface area (Å²) in [4.78, 5) is 24.0. The number of β-amino-alcohol motifs (C(OH)–C–C–N with tert-alkyl or cyclic N) is 1. The Morgan fingerprint density at radius 1 is 0.821 bits per heavy atom. The molecule has 1 aromatic heterocycles. The van der Waals surface area contributed by atoms with Crippen LogP contribution in [0.25, 0.3) is 11.1 Å². The van der Waals surface area contributed by atoms with E-state index in [0.717, 1.165) is 75.5 Å². The smallest absolute Gasteiger partial charge is 0.319 e. The molecule has 3 N–H and O–H groups in total. The van der Waals surface area contributed by atoms with Crippen LogP contribution in [0.2, 0.25) is 0 Å². The fraction of sp³-hybridized carbons (Fsp3) is 0.419. The fourth-order valence-corrected chi connectivity index (χ4v) is 5.60. The standard InChI is InChI=1S/C31H40N6O2/c38-28(24-37-20-18-36(19-21-37)22-25-10-14-32-15-11-25)23-35-16-12-27(13-17-35)33-31(39)34-30-9-5-4-8-29(30)26-6-2-1-3-7-26/h1-11,14-15,27-28,38H,12-13,16-24H2,(H2,33,34,39). The van der Waals surface area contributed by atoms with Crippen LogP contribution in [0.5, 0.6) is 0 Å². The quantitative estimate of drug-likeness (QED) is 0.394. The monoisotopic (exact) mass is 528 g/mol. The van der Waals surface area contributed by atoms with E-state index in [1.807, 2.05) is 67.0 Å². The zero-order valence-electron chi connectivity index (χ0n) is 22.6. The van der Waals surface area contributed by atoms with Gasteiger partial charge in [-0.3, -0.25) is 14.8 Å². The first-order chi connectivity index (χ1) is 19.1. The van der Waals surface area contributed by atoms with Gasteiger partial charge in [0.1, 0.15) is 0 Å². The van der Waals surface area contributed by atoms with Crippen molar-refractivity contribution in [2.24, 2.45) is 0 Å². The molecule has 2 saturated heterocycles. The van der Waals surface area contributed by atoms with Crippen LogP contribution in [0.1, 0.15) is 18.4 Å². The molecule has 1 atom stereocenters. The van der Waals surface area contributed by atoms with Gasteiger partial charge >= 0.3 is 6.03 Å². The molecule has 0 spiro atoms. The van der Waals surface area contributed by atoms with Crippen LogP contribution >= 0.6 is 0 Å². The molecule has 0 aliphatic carbocycles. The SMILES string of the molecule is O=C(Nc1ccccc1-c1ccccc1)NC1CCN(CC(O)CN2CCN(Cc3ccncc3)CC2)CC1. The van der Waals surface area contributed by atoms with E-state index < -0.39 is 0 Å². The summed E-state index contributed by atoms with van der Waals surface area (Å²) >= 11 is 0. The van der Waals surface area contributed by atoms with Gasteiger partial charge in [0.2, 0.25) is 0 Å². The second kappa shape index (κ2) is 13.7. The number of piperidine rings is 1. The molecule has 206 valence electrons. The number of hydrogen-bond acceptors (Lipinski definition) is 6. The number of carbonyl (C=O) groups is 1. The Labute approximate surface area is 231 Å². The molecular formula is C31H40N6O2. The summed E-state index contributed by atoms with van der Waals surface area (Å²) in [6, 6.07) is 22.1. The lowest BCUT2D eigenvalue weighted by molar-refractivity contribution is 0.0429. The molecule has 8 nitrogen and oxygen atoms in total. The van der Waals surface area contributed by atoms with Crippen molar-refractivity contribution in [3.8, 4) is 11.1 Å². The molecule has 2 aromatic carbocycles. The molecule has 5 rings (SSSR count). The highest BCUT2D eigenvalue weighted by molar-refractivity contribution is 5.94. The van der Waals surface area contributed by atoms with Gasteiger partial charge in [-0.2, -0.15) is 0 Å². The first-order valence-corrected chi connectivity index (χ1v) is 14.1. The van der Waals surface area contributed by atoms with Gasteiger partial charge in [0, 0.05) is 82.9 Å². The summed E-state index contributed by atoms with van der Waals surface area (Å²) in [5.41, 5.74) is 4.19. The van der Waals surface area contributed by atoms with E-state index in [2.05, 4.69) is 42.5 Å². The number of para-hydroxylation sites is 1. The van der Waals surface area contributed by atoms with Crippen molar-refractivity contribution in [3.63, 3.8) is 0 Å². The number of hydrogen-bond donors (Lipinski definition) is 3. The minimum atomic E-state index is -0.362. The van der Waals surface area contributed by atoms with Crippen molar-refractivity contribution in [3.05, 3.63) is 84.7 Å². The fourth-order valence-electron chi connectivity index (χ4n) is 5.60. The Kier molecular flexibility index (Phi) is 9.56. The number of aliphatic hydroxyl groups excluding tert-OH is 1. The Bertz CT molecular complexity index is 1160. The first-order valence-electron chi connectivity index (χ1n) is 14.1. The number of piperazine rings is 1. The van der Waals surface area contributed by atoms with Crippen LogP contribution in [0.4, 0.5) is 10.5 Å². The highest BCUT2D eigenvalue weighted by Crippen LogP contribution is 2.27. The molecule has 8 heteroatoms. The van der Waals surface area contributed by atoms with Gasteiger partial charge in [-0.1, -0.05) is 48.5 Å². The van der Waals surface area contributed by atoms with Crippen LogP contribution in [-0.2, 0) is 6.54 Å². The lowest BCUT2D eigenvalue weighted by atomic mass is 10.0. The predicted molar refractivity (Wildman–Crippen MR) is 155 cm³/mol. The summed E-state index contributed by atoms with van der Waals surface area (Å²) in [7, 11) is 0. The van der Waals surface area contributed by atoms with Crippen molar-refractivity contribution in [2.45, 2.75) is 31.5 Å². The molecule has 1 unspecified atom stereocenters. The van der Waals surface area contributed by atoms with E-state index in [-0.39, 0.29) is 18.2 Å². The number of pyridine rings is 1. The topological polar surface area (TPSA) is 84.0 Å². The Balaban J connectivity index is 0.999. The normalized spacial score (nSPS) is 18.5. The van der Waals surface area contributed by atoms with Crippen molar-refractivity contribution in [1.82, 2.24) is 25.0 Å². The molecule has 3 heterocycles. The second-order valence-electron chi connectivity index (χ2n) is 10.7. The number of likely N-dealkylation sites (tertiary alicyclic amines) is 1. The maximum atomic E-state index is 12.8. The largest absolute Gasteiger partial charge is 0.390 e. The molecule has 3 aromatic rings. The van der Waals surface area contributed by atoms with E-state index >= 15 is 0 Å². The summed E-state index contributed by atoms with van der Waals surface area (Å²) in [5, 5.41) is 17.0. The summed E-state index contributed by atoms with van der Waals surface area (Å²) in [6.07, 6.45) is 5.10. The number of aliphatic hydroxyl groups is 1. The predicted octanol–water partition coefficient (Wildman–Crippen LogP) is 3.51. The Morgan fingerprint density at radius 2 is 1.44 bits per heavy atom. The number of carbonyl (C=O) groups excluding carboxylic acids is 1. The van der Waals surface area contributed by atoms with Gasteiger partial charge in [0.25, 0.3) is 0 Å². The van der Waals surface area contributed by atoms with E-state index in [0.29, 0.717) is 13.1 Å². The van der Waals surface area contributed by atoms with Gasteiger partial charge in [0.15, 0.2) is 0 Å². The third-order valence-electron chi connectivity index (χ3n) is 7.74. The van der Waals surface area contributed by atoms with Crippen LogP contribution in [0.15, 0.2) is 79.1 Å². The van der Waals surface area contributed by atoms with E-state index in [1.54, 1.807) is 0 Å². The molecule has 0 saturated carbocycles. The number of benzene rings is 2. The van der Waals surface area contributed by atoms with Gasteiger partial charge in [0.05, 0.1) is 11.8 Å². The number of anilines is 1. The molecule has 2 amide bonds. The zero-order chi connectivity index (χ0) is 26.9. The summed E-state index contributed by atoms with van der Waals surface area (Å²) < 4.78 is 0. The lowest BCUT2D eigenvalue weighted by Crippen LogP contribution is -2.51. The zero-order valence-corrected chi connectivity index (χ0v) is 22.6. The van der Waals surface area contributed by atoms with Crippen molar-refractivity contribution in [2.75, 3.05) is 57.7 Å².